The number of nitrogens with zero attached hydrogens (tertiary/aromatic N) is 1. The Morgan fingerprint density at radius 1 is 1.50 bits per heavy atom. The molecule has 0 aromatic rings. The van der Waals surface area contributed by atoms with Gasteiger partial charge in [-0.1, -0.05) is 12.3 Å². The molecule has 3 nitrogen and oxygen atoms in total. The van der Waals surface area contributed by atoms with Gasteiger partial charge in [0.1, 0.15) is 5.60 Å². The second-order valence-corrected chi connectivity index (χ2v) is 5.39. The highest BCUT2D eigenvalue weighted by Gasteiger charge is 2.32. The van der Waals surface area contributed by atoms with Crippen LogP contribution < -0.4 is 0 Å². The number of ether oxygens (including phenoxy) is 1. The van der Waals surface area contributed by atoms with Crippen LogP contribution in [0.25, 0.3) is 0 Å². The maximum Gasteiger partial charge on any atom is 0.411 e. The van der Waals surface area contributed by atoms with Gasteiger partial charge in [-0.25, -0.2) is 4.79 Å². The standard InChI is InChI=1S/C13H21NO2/c1-6-11(10-8-7-9-10)14(5)12(15)16-13(2,3)4/h1,10-11H,7-9H2,2-5H3. The molecule has 0 aliphatic heterocycles. The molecule has 0 spiro atoms. The van der Waals surface area contributed by atoms with Crippen molar-refractivity contribution in [3.05, 3.63) is 0 Å². The molecule has 0 aromatic heterocycles. The lowest BCUT2D eigenvalue weighted by molar-refractivity contribution is 0.0181. The van der Waals surface area contributed by atoms with Crippen molar-refractivity contribution in [3.63, 3.8) is 0 Å². The van der Waals surface area contributed by atoms with Gasteiger partial charge in [0.15, 0.2) is 0 Å². The number of carbonyl (C=O) groups is 1. The van der Waals surface area contributed by atoms with Crippen LogP contribution in [0.15, 0.2) is 0 Å². The van der Waals surface area contributed by atoms with Crippen LogP contribution in [0.1, 0.15) is 40.0 Å². The SMILES string of the molecule is C#CC(C1CCC1)N(C)C(=O)OC(C)(C)C. The van der Waals surface area contributed by atoms with E-state index in [1.165, 1.54) is 6.42 Å². The van der Waals surface area contributed by atoms with Gasteiger partial charge in [0.25, 0.3) is 0 Å². The Hall–Kier alpha value is -1.17. The van der Waals surface area contributed by atoms with Crippen molar-refractivity contribution in [2.45, 2.75) is 51.7 Å². The van der Waals surface area contributed by atoms with Crippen molar-refractivity contribution in [1.82, 2.24) is 4.90 Å². The fraction of sp³-hybridized carbons (Fsp3) is 0.769. The summed E-state index contributed by atoms with van der Waals surface area (Å²) in [5.74, 6) is 3.14. The lowest BCUT2D eigenvalue weighted by Crippen LogP contribution is -2.45. The molecule has 0 saturated heterocycles. The van der Waals surface area contributed by atoms with Gasteiger partial charge in [0.2, 0.25) is 0 Å². The molecule has 90 valence electrons. The number of amides is 1. The molecule has 1 unspecified atom stereocenters. The number of rotatable bonds is 2. The van der Waals surface area contributed by atoms with Crippen molar-refractivity contribution >= 4 is 6.09 Å². The van der Waals surface area contributed by atoms with E-state index in [0.29, 0.717) is 5.92 Å². The first-order valence-electron chi connectivity index (χ1n) is 5.77. The topological polar surface area (TPSA) is 29.5 Å². The van der Waals surface area contributed by atoms with Gasteiger partial charge >= 0.3 is 6.09 Å². The maximum absolute atomic E-state index is 11.8. The molecule has 1 atom stereocenters. The van der Waals surface area contributed by atoms with Crippen molar-refractivity contribution in [2.24, 2.45) is 5.92 Å². The van der Waals surface area contributed by atoms with E-state index >= 15 is 0 Å². The molecule has 0 radical (unpaired) electrons. The van der Waals surface area contributed by atoms with E-state index in [9.17, 15) is 4.79 Å². The third kappa shape index (κ3) is 3.16. The van der Waals surface area contributed by atoms with Crippen molar-refractivity contribution in [1.29, 1.82) is 0 Å². The zero-order valence-electron chi connectivity index (χ0n) is 10.6. The highest BCUT2D eigenvalue weighted by molar-refractivity contribution is 5.68. The molecule has 16 heavy (non-hydrogen) atoms. The second-order valence-electron chi connectivity index (χ2n) is 5.39. The number of hydrogen-bond acceptors (Lipinski definition) is 2. The largest absolute Gasteiger partial charge is 0.444 e. The molecule has 0 N–H and O–H groups in total. The molecule has 1 rings (SSSR count). The van der Waals surface area contributed by atoms with Gasteiger partial charge in [0.05, 0.1) is 6.04 Å². The van der Waals surface area contributed by atoms with Crippen LogP contribution in [-0.2, 0) is 4.74 Å². The van der Waals surface area contributed by atoms with E-state index in [1.54, 1.807) is 11.9 Å². The molecule has 1 aliphatic carbocycles. The predicted molar refractivity (Wildman–Crippen MR) is 64.0 cm³/mol. The third-order valence-corrected chi connectivity index (χ3v) is 2.87. The van der Waals surface area contributed by atoms with Crippen molar-refractivity contribution in [2.75, 3.05) is 7.05 Å². The zero-order valence-corrected chi connectivity index (χ0v) is 10.6. The summed E-state index contributed by atoms with van der Waals surface area (Å²) in [6.45, 7) is 5.56. The minimum Gasteiger partial charge on any atom is -0.444 e. The molecular weight excluding hydrogens is 202 g/mol. The zero-order chi connectivity index (χ0) is 12.3. The first-order chi connectivity index (χ1) is 7.35. The number of carbonyl (C=O) groups excluding carboxylic acids is 1. The molecule has 0 bridgehead atoms. The lowest BCUT2D eigenvalue weighted by Gasteiger charge is -2.36. The third-order valence-electron chi connectivity index (χ3n) is 2.87. The Bertz CT molecular complexity index is 294. The quantitative estimate of drug-likeness (QED) is 0.673. The fourth-order valence-electron chi connectivity index (χ4n) is 1.77. The van der Waals surface area contributed by atoms with Crippen molar-refractivity contribution < 1.29 is 9.53 Å². The Balaban J connectivity index is 2.57. The van der Waals surface area contributed by atoms with Gasteiger partial charge < -0.3 is 4.74 Å². The lowest BCUT2D eigenvalue weighted by atomic mass is 9.79. The maximum atomic E-state index is 11.8. The summed E-state index contributed by atoms with van der Waals surface area (Å²) in [7, 11) is 1.72. The Morgan fingerprint density at radius 2 is 2.06 bits per heavy atom. The highest BCUT2D eigenvalue weighted by Crippen LogP contribution is 2.32. The van der Waals surface area contributed by atoms with E-state index < -0.39 is 5.60 Å². The molecular formula is C13H21NO2. The number of hydrogen-bond donors (Lipinski definition) is 0. The molecule has 1 fully saturated rings. The van der Waals surface area contributed by atoms with Crippen LogP contribution in [0.5, 0.6) is 0 Å². The molecule has 1 aliphatic rings. The van der Waals surface area contributed by atoms with Crippen LogP contribution in [0.4, 0.5) is 4.79 Å². The normalized spacial score (nSPS) is 18.2. The average Bonchev–Trinajstić information content (AvgIpc) is 2.06. The van der Waals surface area contributed by atoms with Crippen molar-refractivity contribution in [3.8, 4) is 12.3 Å². The molecule has 1 saturated carbocycles. The molecule has 0 heterocycles. The second kappa shape index (κ2) is 4.78. The summed E-state index contributed by atoms with van der Waals surface area (Å²) in [5, 5.41) is 0. The molecule has 3 heteroatoms. The minimum atomic E-state index is -0.468. The fourth-order valence-corrected chi connectivity index (χ4v) is 1.77. The van der Waals surface area contributed by atoms with Crippen LogP contribution >= 0.6 is 0 Å². The Morgan fingerprint density at radius 3 is 2.38 bits per heavy atom. The van der Waals surface area contributed by atoms with Gasteiger partial charge in [-0.05, 0) is 39.5 Å². The van der Waals surface area contributed by atoms with E-state index in [1.807, 2.05) is 20.8 Å². The highest BCUT2D eigenvalue weighted by atomic mass is 16.6. The van der Waals surface area contributed by atoms with Crippen LogP contribution in [0.3, 0.4) is 0 Å². The van der Waals surface area contributed by atoms with E-state index in [4.69, 9.17) is 11.2 Å². The van der Waals surface area contributed by atoms with Gasteiger partial charge in [0, 0.05) is 7.05 Å². The summed E-state index contributed by atoms with van der Waals surface area (Å²) >= 11 is 0. The first kappa shape index (κ1) is 12.9. The van der Waals surface area contributed by atoms with E-state index in [0.717, 1.165) is 12.8 Å². The summed E-state index contributed by atoms with van der Waals surface area (Å²) in [6.07, 6.45) is 8.59. The van der Waals surface area contributed by atoms with Gasteiger partial charge in [-0.3, -0.25) is 4.90 Å². The van der Waals surface area contributed by atoms with Gasteiger partial charge in [-0.15, -0.1) is 6.42 Å². The monoisotopic (exact) mass is 223 g/mol. The molecule has 1 amide bonds. The Kier molecular flexibility index (Phi) is 3.85. The molecule has 0 aromatic carbocycles. The van der Waals surface area contributed by atoms with Crippen LogP contribution in [-0.4, -0.2) is 29.7 Å². The first-order valence-corrected chi connectivity index (χ1v) is 5.77. The van der Waals surface area contributed by atoms with Crippen LogP contribution in [0.2, 0.25) is 0 Å². The van der Waals surface area contributed by atoms with Gasteiger partial charge in [-0.2, -0.15) is 0 Å². The van der Waals surface area contributed by atoms with Crippen LogP contribution in [0, 0.1) is 18.3 Å². The van der Waals surface area contributed by atoms with E-state index in [-0.39, 0.29) is 12.1 Å². The smallest absolute Gasteiger partial charge is 0.411 e. The summed E-state index contributed by atoms with van der Waals surface area (Å²) < 4.78 is 5.29. The average molecular weight is 223 g/mol. The minimum absolute atomic E-state index is 0.122. The van der Waals surface area contributed by atoms with E-state index in [2.05, 4.69) is 5.92 Å². The Labute approximate surface area is 98.1 Å². The summed E-state index contributed by atoms with van der Waals surface area (Å²) in [6, 6.07) is -0.122. The number of terminal acetylenes is 1. The predicted octanol–water partition coefficient (Wildman–Crippen LogP) is 2.66. The summed E-state index contributed by atoms with van der Waals surface area (Å²) in [4.78, 5) is 13.4. The summed E-state index contributed by atoms with van der Waals surface area (Å²) in [5.41, 5.74) is -0.468.